The first-order valence-corrected chi connectivity index (χ1v) is 18.0. The molecule has 4 aliphatic heterocycles. The number of nitrogens with zero attached hydrogens (tertiary/aromatic N) is 8. The molecule has 9 heteroatoms. The van der Waals surface area contributed by atoms with Gasteiger partial charge in [-0.25, -0.2) is 0 Å². The van der Waals surface area contributed by atoms with Gasteiger partial charge in [-0.15, -0.1) is 0 Å². The number of nitriles is 1. The van der Waals surface area contributed by atoms with E-state index in [2.05, 4.69) is 88.0 Å². The molecule has 3 fully saturated rings. The van der Waals surface area contributed by atoms with E-state index >= 15 is 0 Å². The lowest BCUT2D eigenvalue weighted by Crippen LogP contribution is -2.56. The Bertz CT molecular complexity index is 1580. The molecule has 7 rings (SSSR count). The van der Waals surface area contributed by atoms with Gasteiger partial charge < -0.3 is 24.3 Å². The van der Waals surface area contributed by atoms with Gasteiger partial charge in [0.1, 0.15) is 12.4 Å². The molecular weight excluding hydrogens is 584 g/mol. The van der Waals surface area contributed by atoms with Crippen LogP contribution in [0.3, 0.4) is 0 Å². The van der Waals surface area contributed by atoms with E-state index in [0.717, 1.165) is 70.2 Å². The number of aromatic nitrogens is 2. The highest BCUT2D eigenvalue weighted by Crippen LogP contribution is 2.36. The summed E-state index contributed by atoms with van der Waals surface area (Å²) in [5.74, 6) is 1.02. The first-order chi connectivity index (χ1) is 23.0. The molecule has 9 nitrogen and oxygen atoms in total. The molecule has 2 aromatic carbocycles. The van der Waals surface area contributed by atoms with Crippen LogP contribution in [-0.4, -0.2) is 109 Å². The number of benzene rings is 2. The molecule has 0 saturated carbocycles. The Labute approximate surface area is 281 Å². The Hall–Kier alpha value is -3.45. The van der Waals surface area contributed by atoms with Gasteiger partial charge in [-0.2, -0.15) is 15.2 Å². The minimum absolute atomic E-state index is 0.186. The third-order valence-electron chi connectivity index (χ3n) is 11.4. The molecule has 0 N–H and O–H groups in total. The summed E-state index contributed by atoms with van der Waals surface area (Å²) < 4.78 is 6.43. The largest absolute Gasteiger partial charge is 0.462 e. The lowest BCUT2D eigenvalue weighted by molar-refractivity contribution is 0.117. The average molecular weight is 637 g/mol. The van der Waals surface area contributed by atoms with Crippen molar-refractivity contribution < 1.29 is 4.74 Å². The van der Waals surface area contributed by atoms with E-state index in [1.54, 1.807) is 0 Å². The number of aryl methyl sites for hydroxylation is 1. The molecule has 0 aliphatic carbocycles. The van der Waals surface area contributed by atoms with Gasteiger partial charge in [-0.05, 0) is 83.2 Å². The quantitative estimate of drug-likeness (QED) is 0.330. The van der Waals surface area contributed by atoms with Crippen LogP contribution >= 0.6 is 0 Å². The molecule has 5 heterocycles. The minimum Gasteiger partial charge on any atom is -0.462 e. The van der Waals surface area contributed by atoms with E-state index in [9.17, 15) is 5.26 Å². The van der Waals surface area contributed by atoms with E-state index in [0.29, 0.717) is 31.1 Å². The highest BCUT2D eigenvalue weighted by molar-refractivity contribution is 5.97. The van der Waals surface area contributed by atoms with Crippen LogP contribution in [0.5, 0.6) is 6.01 Å². The second-order valence-corrected chi connectivity index (χ2v) is 14.4. The van der Waals surface area contributed by atoms with Crippen molar-refractivity contribution in [2.24, 2.45) is 0 Å². The number of rotatable bonds is 8. The van der Waals surface area contributed by atoms with E-state index in [4.69, 9.17) is 14.7 Å². The first kappa shape index (κ1) is 32.1. The molecule has 47 heavy (non-hydrogen) atoms. The molecule has 0 radical (unpaired) electrons. The SMILES string of the molecule is Cc1cccc2cccc(N3CCc4c(nc(OCC5CCCN5C)nc4N4CCN(CC5CCCCCN5C)C(CC#N)C4)C3)c12. The fourth-order valence-electron chi connectivity index (χ4n) is 8.50. The zero-order valence-corrected chi connectivity index (χ0v) is 28.7. The second kappa shape index (κ2) is 14.3. The normalized spacial score (nSPS) is 24.7. The summed E-state index contributed by atoms with van der Waals surface area (Å²) in [4.78, 5) is 22.7. The summed E-state index contributed by atoms with van der Waals surface area (Å²) in [5, 5.41) is 12.5. The maximum absolute atomic E-state index is 9.90. The van der Waals surface area contributed by atoms with E-state index < -0.39 is 0 Å². The Kier molecular flexibility index (Phi) is 9.80. The van der Waals surface area contributed by atoms with Crippen LogP contribution in [0.25, 0.3) is 10.8 Å². The summed E-state index contributed by atoms with van der Waals surface area (Å²) in [6.07, 6.45) is 8.95. The molecule has 0 amide bonds. The molecule has 4 aliphatic rings. The molecule has 0 bridgehead atoms. The number of anilines is 2. The van der Waals surface area contributed by atoms with Gasteiger partial charge >= 0.3 is 6.01 Å². The molecule has 250 valence electrons. The third-order valence-corrected chi connectivity index (χ3v) is 11.4. The zero-order chi connectivity index (χ0) is 32.3. The number of ether oxygens (including phenoxy) is 1. The predicted molar refractivity (Wildman–Crippen MR) is 189 cm³/mol. The average Bonchev–Trinajstić information content (AvgIpc) is 3.39. The van der Waals surface area contributed by atoms with Gasteiger partial charge in [0.15, 0.2) is 0 Å². The zero-order valence-electron chi connectivity index (χ0n) is 28.7. The van der Waals surface area contributed by atoms with Crippen LogP contribution in [0.4, 0.5) is 11.5 Å². The van der Waals surface area contributed by atoms with Gasteiger partial charge in [0.05, 0.1) is 24.7 Å². The third kappa shape index (κ3) is 6.92. The van der Waals surface area contributed by atoms with Crippen LogP contribution in [0.15, 0.2) is 36.4 Å². The van der Waals surface area contributed by atoms with Crippen molar-refractivity contribution in [2.75, 3.05) is 76.3 Å². The maximum atomic E-state index is 9.90. The summed E-state index contributed by atoms with van der Waals surface area (Å²) in [7, 11) is 4.47. The Morgan fingerprint density at radius 2 is 1.66 bits per heavy atom. The van der Waals surface area contributed by atoms with Crippen molar-refractivity contribution in [2.45, 2.75) is 83.0 Å². The molecule has 3 unspecified atom stereocenters. The van der Waals surface area contributed by atoms with Gasteiger partial charge in [0, 0.05) is 67.5 Å². The topological polar surface area (TPSA) is 75.0 Å². The Morgan fingerprint density at radius 3 is 2.49 bits per heavy atom. The fraction of sp³-hybridized carbons (Fsp3) is 0.605. The summed E-state index contributed by atoms with van der Waals surface area (Å²) >= 11 is 0. The van der Waals surface area contributed by atoms with Gasteiger partial charge in [0.2, 0.25) is 0 Å². The number of hydrogen-bond donors (Lipinski definition) is 0. The summed E-state index contributed by atoms with van der Waals surface area (Å²) in [5.41, 5.74) is 4.89. The molecule has 0 spiro atoms. The predicted octanol–water partition coefficient (Wildman–Crippen LogP) is 5.25. The van der Waals surface area contributed by atoms with Gasteiger partial charge in [0.25, 0.3) is 0 Å². The van der Waals surface area contributed by atoms with Gasteiger partial charge in [-0.1, -0.05) is 43.2 Å². The van der Waals surface area contributed by atoms with Crippen LogP contribution in [-0.2, 0) is 13.0 Å². The second-order valence-electron chi connectivity index (χ2n) is 14.4. The number of piperazine rings is 1. The van der Waals surface area contributed by atoms with E-state index in [1.165, 1.54) is 66.2 Å². The smallest absolute Gasteiger partial charge is 0.318 e. The van der Waals surface area contributed by atoms with E-state index in [-0.39, 0.29) is 6.04 Å². The minimum atomic E-state index is 0.186. The molecule has 1 aromatic heterocycles. The summed E-state index contributed by atoms with van der Waals surface area (Å²) in [6.45, 7) is 10.5. The van der Waals surface area contributed by atoms with Crippen LogP contribution in [0.1, 0.15) is 61.8 Å². The number of likely N-dealkylation sites (tertiary alicyclic amines) is 2. The van der Waals surface area contributed by atoms with Gasteiger partial charge in [-0.3, -0.25) is 4.90 Å². The first-order valence-electron chi connectivity index (χ1n) is 18.0. The van der Waals surface area contributed by atoms with Crippen molar-refractivity contribution in [3.8, 4) is 12.1 Å². The lowest BCUT2D eigenvalue weighted by Gasteiger charge is -2.44. The Balaban J connectivity index is 1.17. The number of hydrogen-bond acceptors (Lipinski definition) is 9. The highest BCUT2D eigenvalue weighted by Gasteiger charge is 2.34. The summed E-state index contributed by atoms with van der Waals surface area (Å²) in [6, 6.07) is 17.4. The molecular formula is C38H52N8O. The van der Waals surface area contributed by atoms with Crippen molar-refractivity contribution >= 4 is 22.3 Å². The van der Waals surface area contributed by atoms with Crippen molar-refractivity contribution in [1.82, 2.24) is 24.7 Å². The number of likely N-dealkylation sites (N-methyl/N-ethyl adjacent to an activating group) is 2. The molecule has 3 aromatic rings. The van der Waals surface area contributed by atoms with Crippen LogP contribution in [0.2, 0.25) is 0 Å². The lowest BCUT2D eigenvalue weighted by atomic mass is 9.99. The van der Waals surface area contributed by atoms with Crippen molar-refractivity contribution in [3.05, 3.63) is 53.2 Å². The maximum Gasteiger partial charge on any atom is 0.318 e. The van der Waals surface area contributed by atoms with E-state index in [1.807, 2.05) is 0 Å². The Morgan fingerprint density at radius 1 is 0.851 bits per heavy atom. The van der Waals surface area contributed by atoms with Crippen molar-refractivity contribution in [1.29, 1.82) is 5.26 Å². The molecule has 3 saturated heterocycles. The van der Waals surface area contributed by atoms with Crippen molar-refractivity contribution in [3.63, 3.8) is 0 Å². The van der Waals surface area contributed by atoms with Crippen LogP contribution in [0, 0.1) is 18.3 Å². The highest BCUT2D eigenvalue weighted by atomic mass is 16.5. The number of fused-ring (bicyclic) bond motifs is 2. The molecule has 3 atom stereocenters. The monoisotopic (exact) mass is 636 g/mol. The fourth-order valence-corrected chi connectivity index (χ4v) is 8.50. The van der Waals surface area contributed by atoms with Crippen LogP contribution < -0.4 is 14.5 Å². The standard InChI is InChI=1S/C38H52N8O/c1-28-10-7-11-29-12-8-15-35(36(28)29)45-21-17-33-34(26-45)40-38(47-27-32-14-9-20-43(32)3)41-37(33)46-23-22-44(31(25-46)16-18-39)24-30-13-5-4-6-19-42(30)2/h7-8,10-12,15,30-32H,4-6,9,13-14,16-17,19-27H2,1-3H3.